The molecule has 0 radical (unpaired) electrons. The van der Waals surface area contributed by atoms with Crippen molar-refractivity contribution < 1.29 is 4.79 Å². The van der Waals surface area contributed by atoms with Crippen LogP contribution in [0, 0.1) is 12.8 Å². The van der Waals surface area contributed by atoms with Gasteiger partial charge in [-0.3, -0.25) is 4.79 Å². The van der Waals surface area contributed by atoms with Crippen LogP contribution in [0.5, 0.6) is 0 Å². The van der Waals surface area contributed by atoms with Crippen molar-refractivity contribution in [3.8, 4) is 0 Å². The maximum Gasteiger partial charge on any atom is 0.227 e. The Bertz CT molecular complexity index is 613. The molecule has 2 aromatic carbocycles. The number of halogens is 1. The molecule has 0 bridgehead atoms. The molecule has 2 rings (SSSR count). The lowest BCUT2D eigenvalue weighted by molar-refractivity contribution is -0.134. The highest BCUT2D eigenvalue weighted by Crippen LogP contribution is 2.21. The number of carbonyl (C=O) groups excluding carboxylic acids is 1. The molecule has 23 heavy (non-hydrogen) atoms. The zero-order valence-corrected chi connectivity index (χ0v) is 14.7. The summed E-state index contributed by atoms with van der Waals surface area (Å²) in [7, 11) is 1.83. The van der Waals surface area contributed by atoms with Crippen LogP contribution >= 0.6 is 12.4 Å². The molecule has 0 saturated heterocycles. The van der Waals surface area contributed by atoms with Crippen molar-refractivity contribution in [3.63, 3.8) is 0 Å². The predicted octanol–water partition coefficient (Wildman–Crippen LogP) is 3.71. The van der Waals surface area contributed by atoms with E-state index in [1.807, 2.05) is 44.3 Å². The summed E-state index contributed by atoms with van der Waals surface area (Å²) in [5.74, 6) is -0.185. The number of carbonyl (C=O) groups is 1. The van der Waals surface area contributed by atoms with Crippen molar-refractivity contribution in [2.24, 2.45) is 11.7 Å². The minimum atomic E-state index is -0.283. The van der Waals surface area contributed by atoms with Gasteiger partial charge in [0, 0.05) is 19.6 Å². The van der Waals surface area contributed by atoms with Crippen LogP contribution in [0.4, 0.5) is 0 Å². The van der Waals surface area contributed by atoms with E-state index >= 15 is 0 Å². The third-order valence-corrected chi connectivity index (χ3v) is 4.03. The molecule has 124 valence electrons. The van der Waals surface area contributed by atoms with E-state index in [0.29, 0.717) is 6.54 Å². The van der Waals surface area contributed by atoms with Gasteiger partial charge in [-0.2, -0.15) is 0 Å². The molecule has 0 fully saturated rings. The van der Waals surface area contributed by atoms with Gasteiger partial charge in [0.2, 0.25) is 5.91 Å². The summed E-state index contributed by atoms with van der Waals surface area (Å²) < 4.78 is 0. The zero-order valence-electron chi connectivity index (χ0n) is 13.9. The molecule has 1 amide bonds. The van der Waals surface area contributed by atoms with E-state index in [-0.39, 0.29) is 30.3 Å². The highest BCUT2D eigenvalue weighted by atomic mass is 35.5. The number of amides is 1. The molecule has 0 aliphatic rings. The first-order valence-electron chi connectivity index (χ1n) is 7.60. The third-order valence-electron chi connectivity index (χ3n) is 4.03. The van der Waals surface area contributed by atoms with Crippen LogP contribution in [0.3, 0.4) is 0 Å². The van der Waals surface area contributed by atoms with Crippen LogP contribution in [0.15, 0.2) is 54.6 Å². The molecule has 0 aliphatic heterocycles. The number of nitrogens with zero attached hydrogens (tertiary/aromatic N) is 1. The standard InChI is InChI=1S/C19H24N2O.ClH/c1-14-9-11-16(12-10-14)13-21(3)19(22)15(2)18(20)17-7-5-4-6-8-17;/h4-12,15,18H,13,20H2,1-3H3;1H. The Kier molecular flexibility index (Phi) is 7.27. The van der Waals surface area contributed by atoms with Crippen molar-refractivity contribution in [2.75, 3.05) is 7.05 Å². The zero-order chi connectivity index (χ0) is 16.1. The molecule has 0 aromatic heterocycles. The van der Waals surface area contributed by atoms with Crippen molar-refractivity contribution in [2.45, 2.75) is 26.4 Å². The average molecular weight is 333 g/mol. The first-order valence-corrected chi connectivity index (χ1v) is 7.60. The number of aryl methyl sites for hydroxylation is 1. The Morgan fingerprint density at radius 3 is 2.22 bits per heavy atom. The number of hydrogen-bond acceptors (Lipinski definition) is 2. The fraction of sp³-hybridized carbons (Fsp3) is 0.316. The number of nitrogens with two attached hydrogens (primary N) is 1. The second-order valence-corrected chi connectivity index (χ2v) is 5.91. The van der Waals surface area contributed by atoms with Crippen LogP contribution in [0.2, 0.25) is 0 Å². The Morgan fingerprint density at radius 2 is 1.65 bits per heavy atom. The largest absolute Gasteiger partial charge is 0.341 e. The molecule has 0 saturated carbocycles. The smallest absolute Gasteiger partial charge is 0.227 e. The summed E-state index contributed by atoms with van der Waals surface area (Å²) in [6.07, 6.45) is 0. The fourth-order valence-electron chi connectivity index (χ4n) is 2.51. The van der Waals surface area contributed by atoms with Crippen LogP contribution in [0.1, 0.15) is 29.7 Å². The molecule has 3 nitrogen and oxygen atoms in total. The number of hydrogen-bond donors (Lipinski definition) is 1. The summed E-state index contributed by atoms with van der Waals surface area (Å²) in [5, 5.41) is 0. The molecule has 2 N–H and O–H groups in total. The molecule has 0 aliphatic carbocycles. The quantitative estimate of drug-likeness (QED) is 0.907. The minimum Gasteiger partial charge on any atom is -0.341 e. The van der Waals surface area contributed by atoms with Gasteiger partial charge in [0.15, 0.2) is 0 Å². The van der Waals surface area contributed by atoms with E-state index in [0.717, 1.165) is 11.1 Å². The van der Waals surface area contributed by atoms with Gasteiger partial charge in [-0.15, -0.1) is 12.4 Å². The normalized spacial score (nSPS) is 12.9. The summed E-state index contributed by atoms with van der Waals surface area (Å²) in [4.78, 5) is 14.3. The van der Waals surface area contributed by atoms with Crippen LogP contribution < -0.4 is 5.73 Å². The summed E-state index contributed by atoms with van der Waals surface area (Å²) in [5.41, 5.74) is 9.58. The van der Waals surface area contributed by atoms with E-state index in [1.54, 1.807) is 4.90 Å². The summed E-state index contributed by atoms with van der Waals surface area (Å²) >= 11 is 0. The van der Waals surface area contributed by atoms with Crippen LogP contribution in [-0.2, 0) is 11.3 Å². The lowest BCUT2D eigenvalue weighted by Gasteiger charge is -2.25. The number of rotatable bonds is 5. The SMILES string of the molecule is Cc1ccc(CN(C)C(=O)C(C)C(N)c2ccccc2)cc1.Cl. The van der Waals surface area contributed by atoms with E-state index < -0.39 is 0 Å². The summed E-state index contributed by atoms with van der Waals surface area (Å²) in [6.45, 7) is 4.55. The second kappa shape index (κ2) is 8.70. The van der Waals surface area contributed by atoms with Crippen molar-refractivity contribution in [1.82, 2.24) is 4.90 Å². The van der Waals surface area contributed by atoms with Crippen LogP contribution in [-0.4, -0.2) is 17.9 Å². The molecule has 2 aromatic rings. The Balaban J connectivity index is 0.00000264. The topological polar surface area (TPSA) is 46.3 Å². The van der Waals surface area contributed by atoms with E-state index in [2.05, 4.69) is 31.2 Å². The molecular weight excluding hydrogens is 308 g/mol. The summed E-state index contributed by atoms with van der Waals surface area (Å²) in [6, 6.07) is 17.7. The Morgan fingerprint density at radius 1 is 1.09 bits per heavy atom. The van der Waals surface area contributed by atoms with Gasteiger partial charge in [-0.1, -0.05) is 67.1 Å². The van der Waals surface area contributed by atoms with Crippen molar-refractivity contribution in [1.29, 1.82) is 0 Å². The molecule has 4 heteroatoms. The van der Waals surface area contributed by atoms with Gasteiger partial charge < -0.3 is 10.6 Å². The highest BCUT2D eigenvalue weighted by Gasteiger charge is 2.24. The van der Waals surface area contributed by atoms with Crippen molar-refractivity contribution >= 4 is 18.3 Å². The van der Waals surface area contributed by atoms with Gasteiger partial charge in [-0.05, 0) is 18.1 Å². The van der Waals surface area contributed by atoms with E-state index in [4.69, 9.17) is 5.73 Å². The maximum atomic E-state index is 12.6. The van der Waals surface area contributed by atoms with E-state index in [1.165, 1.54) is 5.56 Å². The Hall–Kier alpha value is -1.84. The molecular formula is C19H25ClN2O. The maximum absolute atomic E-state index is 12.6. The lowest BCUT2D eigenvalue weighted by Crippen LogP contribution is -2.36. The average Bonchev–Trinajstić information content (AvgIpc) is 2.55. The predicted molar refractivity (Wildman–Crippen MR) is 97.4 cm³/mol. The molecule has 0 spiro atoms. The van der Waals surface area contributed by atoms with Gasteiger partial charge in [0.1, 0.15) is 0 Å². The van der Waals surface area contributed by atoms with E-state index in [9.17, 15) is 4.79 Å². The van der Waals surface area contributed by atoms with Gasteiger partial charge >= 0.3 is 0 Å². The van der Waals surface area contributed by atoms with Gasteiger partial charge in [-0.25, -0.2) is 0 Å². The second-order valence-electron chi connectivity index (χ2n) is 5.91. The highest BCUT2D eigenvalue weighted by molar-refractivity contribution is 5.85. The lowest BCUT2D eigenvalue weighted by atomic mass is 9.94. The van der Waals surface area contributed by atoms with Gasteiger partial charge in [0.25, 0.3) is 0 Å². The van der Waals surface area contributed by atoms with Crippen molar-refractivity contribution in [3.05, 3.63) is 71.3 Å². The molecule has 2 atom stereocenters. The number of benzene rings is 2. The third kappa shape index (κ3) is 5.08. The first kappa shape index (κ1) is 19.2. The molecule has 2 unspecified atom stereocenters. The molecule has 0 heterocycles. The minimum absolute atomic E-state index is 0. The fourth-order valence-corrected chi connectivity index (χ4v) is 2.51. The Labute approximate surface area is 144 Å². The first-order chi connectivity index (χ1) is 10.5. The monoisotopic (exact) mass is 332 g/mol. The van der Waals surface area contributed by atoms with Crippen LogP contribution in [0.25, 0.3) is 0 Å². The van der Waals surface area contributed by atoms with Gasteiger partial charge in [0.05, 0.1) is 5.92 Å².